The zero-order chi connectivity index (χ0) is 15.1. The molecule has 0 saturated carbocycles. The molecule has 0 aliphatic carbocycles. The van der Waals surface area contributed by atoms with Gasteiger partial charge >= 0.3 is 0 Å². The molecule has 0 unspecified atom stereocenters. The van der Waals surface area contributed by atoms with Crippen LogP contribution in [-0.2, 0) is 16.0 Å². The number of amides is 2. The largest absolute Gasteiger partial charge is 0.357 e. The highest BCUT2D eigenvalue weighted by Gasteiger charge is 2.21. The molecule has 0 spiro atoms. The standard InChI is InChI=1S/C15H21BrN2O2/c1-10(2)8-13(15(20)17-3)18-14(19)9-11-6-4-5-7-12(11)16/h4-7,10,13H,8-9H2,1-3H3,(H,17,20)(H,18,19)/t13-/m0/s1. The van der Waals surface area contributed by atoms with Gasteiger partial charge in [0.15, 0.2) is 0 Å². The van der Waals surface area contributed by atoms with Crippen LogP contribution in [0.5, 0.6) is 0 Å². The van der Waals surface area contributed by atoms with E-state index in [0.29, 0.717) is 12.3 Å². The van der Waals surface area contributed by atoms with Crippen LogP contribution in [0.1, 0.15) is 25.8 Å². The van der Waals surface area contributed by atoms with Crippen molar-refractivity contribution in [2.45, 2.75) is 32.7 Å². The fraction of sp³-hybridized carbons (Fsp3) is 0.467. The Morgan fingerprint density at radius 3 is 2.45 bits per heavy atom. The lowest BCUT2D eigenvalue weighted by molar-refractivity contribution is -0.128. The molecule has 0 saturated heterocycles. The minimum absolute atomic E-state index is 0.147. The van der Waals surface area contributed by atoms with E-state index in [1.165, 1.54) is 0 Å². The zero-order valence-corrected chi connectivity index (χ0v) is 13.7. The van der Waals surface area contributed by atoms with E-state index >= 15 is 0 Å². The maximum atomic E-state index is 12.1. The highest BCUT2D eigenvalue weighted by Crippen LogP contribution is 2.16. The molecule has 0 bridgehead atoms. The number of carbonyl (C=O) groups excluding carboxylic acids is 2. The second-order valence-corrected chi connectivity index (χ2v) is 5.99. The molecule has 0 aromatic heterocycles. The van der Waals surface area contributed by atoms with E-state index in [1.807, 2.05) is 38.1 Å². The second-order valence-electron chi connectivity index (χ2n) is 5.13. The van der Waals surface area contributed by atoms with Gasteiger partial charge in [0.05, 0.1) is 6.42 Å². The molecule has 1 aromatic rings. The van der Waals surface area contributed by atoms with E-state index in [1.54, 1.807) is 7.05 Å². The molecule has 1 aromatic carbocycles. The number of likely N-dealkylation sites (N-methyl/N-ethyl adjacent to an activating group) is 1. The summed E-state index contributed by atoms with van der Waals surface area (Å²) in [6.07, 6.45) is 0.883. The first-order valence-electron chi connectivity index (χ1n) is 6.68. The number of hydrogen-bond acceptors (Lipinski definition) is 2. The molecule has 0 radical (unpaired) electrons. The molecule has 110 valence electrons. The van der Waals surface area contributed by atoms with E-state index < -0.39 is 6.04 Å². The van der Waals surface area contributed by atoms with Crippen molar-refractivity contribution in [3.05, 3.63) is 34.3 Å². The molecule has 1 rings (SSSR count). The van der Waals surface area contributed by atoms with Crippen LogP contribution in [0, 0.1) is 5.92 Å². The smallest absolute Gasteiger partial charge is 0.242 e. The molecule has 4 nitrogen and oxygen atoms in total. The van der Waals surface area contributed by atoms with E-state index in [4.69, 9.17) is 0 Å². The average Bonchev–Trinajstić information content (AvgIpc) is 2.39. The van der Waals surface area contributed by atoms with Crippen LogP contribution in [0.25, 0.3) is 0 Å². The van der Waals surface area contributed by atoms with Crippen molar-refractivity contribution in [2.75, 3.05) is 7.05 Å². The lowest BCUT2D eigenvalue weighted by Gasteiger charge is -2.19. The fourth-order valence-corrected chi connectivity index (χ4v) is 2.36. The SMILES string of the molecule is CNC(=O)[C@H](CC(C)C)NC(=O)Cc1ccccc1Br. The van der Waals surface area contributed by atoms with Gasteiger partial charge in [-0.05, 0) is 24.0 Å². The molecule has 0 aliphatic rings. The van der Waals surface area contributed by atoms with Crippen LogP contribution in [0.3, 0.4) is 0 Å². The molecular weight excluding hydrogens is 320 g/mol. The highest BCUT2D eigenvalue weighted by molar-refractivity contribution is 9.10. The van der Waals surface area contributed by atoms with Crippen molar-refractivity contribution in [1.29, 1.82) is 0 Å². The van der Waals surface area contributed by atoms with Gasteiger partial charge in [-0.2, -0.15) is 0 Å². The Balaban J connectivity index is 2.66. The summed E-state index contributed by atoms with van der Waals surface area (Å²) in [4.78, 5) is 23.8. The molecular formula is C15H21BrN2O2. The molecule has 1 atom stereocenters. The van der Waals surface area contributed by atoms with Gasteiger partial charge < -0.3 is 10.6 Å². The topological polar surface area (TPSA) is 58.2 Å². The maximum absolute atomic E-state index is 12.1. The summed E-state index contributed by atoms with van der Waals surface area (Å²) in [5.74, 6) is 0.0337. The van der Waals surface area contributed by atoms with Crippen molar-refractivity contribution in [3.8, 4) is 0 Å². The number of rotatable bonds is 6. The van der Waals surface area contributed by atoms with Crippen LogP contribution in [0.4, 0.5) is 0 Å². The van der Waals surface area contributed by atoms with E-state index in [2.05, 4.69) is 26.6 Å². The van der Waals surface area contributed by atoms with Gasteiger partial charge in [0, 0.05) is 11.5 Å². The van der Waals surface area contributed by atoms with Gasteiger partial charge in [-0.15, -0.1) is 0 Å². The summed E-state index contributed by atoms with van der Waals surface area (Å²) in [6.45, 7) is 4.05. The maximum Gasteiger partial charge on any atom is 0.242 e. The van der Waals surface area contributed by atoms with Crippen molar-refractivity contribution in [2.24, 2.45) is 5.92 Å². The number of carbonyl (C=O) groups is 2. The summed E-state index contributed by atoms with van der Waals surface area (Å²) in [5.41, 5.74) is 0.908. The van der Waals surface area contributed by atoms with Gasteiger partial charge in [-0.3, -0.25) is 9.59 Å². The van der Waals surface area contributed by atoms with Crippen molar-refractivity contribution >= 4 is 27.7 Å². The average molecular weight is 341 g/mol. The molecule has 2 amide bonds. The normalized spacial score (nSPS) is 12.1. The fourth-order valence-electron chi connectivity index (χ4n) is 1.94. The van der Waals surface area contributed by atoms with Gasteiger partial charge in [-0.25, -0.2) is 0 Å². The van der Waals surface area contributed by atoms with Crippen LogP contribution in [-0.4, -0.2) is 24.9 Å². The van der Waals surface area contributed by atoms with Gasteiger partial charge in [0.2, 0.25) is 11.8 Å². The zero-order valence-electron chi connectivity index (χ0n) is 12.1. The van der Waals surface area contributed by atoms with Crippen LogP contribution >= 0.6 is 15.9 Å². The lowest BCUT2D eigenvalue weighted by atomic mass is 10.0. The first-order valence-corrected chi connectivity index (χ1v) is 7.47. The minimum Gasteiger partial charge on any atom is -0.357 e. The number of halogens is 1. The number of benzene rings is 1. The molecule has 0 fully saturated rings. The molecule has 5 heteroatoms. The summed E-state index contributed by atoms with van der Waals surface area (Å²) in [7, 11) is 1.58. The predicted molar refractivity (Wildman–Crippen MR) is 83.3 cm³/mol. The Bertz CT molecular complexity index is 475. The first-order chi connectivity index (χ1) is 9.43. The third-order valence-corrected chi connectivity index (χ3v) is 3.69. The van der Waals surface area contributed by atoms with Crippen LogP contribution < -0.4 is 10.6 Å². The molecule has 20 heavy (non-hydrogen) atoms. The van der Waals surface area contributed by atoms with Crippen molar-refractivity contribution in [3.63, 3.8) is 0 Å². The quantitative estimate of drug-likeness (QED) is 0.834. The van der Waals surface area contributed by atoms with Crippen molar-refractivity contribution in [1.82, 2.24) is 10.6 Å². The van der Waals surface area contributed by atoms with E-state index in [-0.39, 0.29) is 18.2 Å². The third kappa shape index (κ3) is 5.33. The number of nitrogens with one attached hydrogen (secondary N) is 2. The summed E-state index contributed by atoms with van der Waals surface area (Å²) in [6, 6.07) is 7.10. The summed E-state index contributed by atoms with van der Waals surface area (Å²) in [5, 5.41) is 5.39. The summed E-state index contributed by atoms with van der Waals surface area (Å²) >= 11 is 3.41. The lowest BCUT2D eigenvalue weighted by Crippen LogP contribution is -2.46. The Kier molecular flexibility index (Phi) is 6.71. The highest BCUT2D eigenvalue weighted by atomic mass is 79.9. The van der Waals surface area contributed by atoms with Crippen LogP contribution in [0.15, 0.2) is 28.7 Å². The van der Waals surface area contributed by atoms with Crippen molar-refractivity contribution < 1.29 is 9.59 Å². The Morgan fingerprint density at radius 2 is 1.90 bits per heavy atom. The predicted octanol–water partition coefficient (Wildman–Crippen LogP) is 2.27. The van der Waals surface area contributed by atoms with Gasteiger partial charge in [-0.1, -0.05) is 48.0 Å². The first kappa shape index (κ1) is 16.7. The van der Waals surface area contributed by atoms with E-state index in [0.717, 1.165) is 10.0 Å². The Hall–Kier alpha value is -1.36. The third-order valence-electron chi connectivity index (χ3n) is 2.91. The molecule has 0 heterocycles. The molecule has 0 aliphatic heterocycles. The van der Waals surface area contributed by atoms with Gasteiger partial charge in [0.25, 0.3) is 0 Å². The monoisotopic (exact) mass is 340 g/mol. The van der Waals surface area contributed by atoms with Crippen LogP contribution in [0.2, 0.25) is 0 Å². The van der Waals surface area contributed by atoms with Gasteiger partial charge in [0.1, 0.15) is 6.04 Å². The minimum atomic E-state index is -0.477. The summed E-state index contributed by atoms with van der Waals surface area (Å²) < 4.78 is 0.899. The number of hydrogen-bond donors (Lipinski definition) is 2. The molecule has 2 N–H and O–H groups in total. The Labute approximate surface area is 128 Å². The van der Waals surface area contributed by atoms with E-state index in [9.17, 15) is 9.59 Å². The Morgan fingerprint density at radius 1 is 1.25 bits per heavy atom. The second kappa shape index (κ2) is 8.04.